The van der Waals surface area contributed by atoms with E-state index in [9.17, 15) is 19.8 Å². The number of benzene rings is 1. The molecule has 4 N–H and O–H groups in total. The summed E-state index contributed by atoms with van der Waals surface area (Å²) in [5.41, 5.74) is 1.13. The molecule has 1 rings (SSSR count). The van der Waals surface area contributed by atoms with Gasteiger partial charge in [0.1, 0.15) is 11.5 Å². The van der Waals surface area contributed by atoms with Gasteiger partial charge in [-0.1, -0.05) is 43.2 Å². The SMILES string of the molecule is O=C(O)CSSc1cc(CO)c(CO)cc1SSCC(=O)O.[Fm].[Fm]. The van der Waals surface area contributed by atoms with E-state index in [0.717, 1.165) is 31.4 Å². The number of hydrogen-bond donors (Lipinski definition) is 4. The van der Waals surface area contributed by atoms with Gasteiger partial charge in [-0.25, -0.2) is 0 Å². The van der Waals surface area contributed by atoms with Crippen LogP contribution in [-0.2, 0) is 22.8 Å². The standard InChI is InChI=1S/C12H14O6S4.2Fm/c13-3-7-1-9(21-19-5-11(15)16)10(2-8(7)4-14)22-20-6-12(17)18;;/h1-2,13-14H,3-6H2,(H,15,16)(H,17,18);;. The van der Waals surface area contributed by atoms with Gasteiger partial charge in [-0.15, -0.1) is 0 Å². The summed E-state index contributed by atoms with van der Waals surface area (Å²) >= 11 is 0. The zero-order valence-electron chi connectivity index (χ0n) is 11.8. The summed E-state index contributed by atoms with van der Waals surface area (Å²) in [5, 5.41) is 36.0. The van der Waals surface area contributed by atoms with Gasteiger partial charge in [-0.2, -0.15) is 0 Å². The minimum Gasteiger partial charge on any atom is -0.481 e. The molecule has 0 radical (unpaired) electrons. The van der Waals surface area contributed by atoms with E-state index in [-0.39, 0.29) is 24.7 Å². The molecular formula is C12H14Fm2O6S4. The molecule has 12 heteroatoms. The predicted molar refractivity (Wildman–Crippen MR) is 90.2 cm³/mol. The Morgan fingerprint density at radius 2 is 1.12 bits per heavy atom. The van der Waals surface area contributed by atoms with Crippen molar-refractivity contribution >= 4 is 55.1 Å². The number of hydrogen-bond acceptors (Lipinski definition) is 8. The van der Waals surface area contributed by atoms with Crippen LogP contribution in [0.3, 0.4) is 0 Å². The summed E-state index contributed by atoms with van der Waals surface area (Å²) in [6.07, 6.45) is 0. The predicted octanol–water partition coefficient (Wildman–Crippen LogP) is 2.32. The van der Waals surface area contributed by atoms with E-state index in [2.05, 4.69) is 0 Å². The van der Waals surface area contributed by atoms with E-state index in [4.69, 9.17) is 10.2 Å². The van der Waals surface area contributed by atoms with E-state index < -0.39 is 11.9 Å². The second kappa shape index (κ2) is 12.0. The minimum absolute atomic E-state index is 0. The molecule has 146 valence electrons. The van der Waals surface area contributed by atoms with Gasteiger partial charge >= 0.3 is 11.9 Å². The number of carbonyl (C=O) groups is 2. The van der Waals surface area contributed by atoms with Gasteiger partial charge in [0, 0.05) is 9.79 Å². The van der Waals surface area contributed by atoms with Crippen molar-refractivity contribution < 1.29 is 30.0 Å². The molecule has 1 aromatic rings. The molecule has 24 heavy (non-hydrogen) atoms. The molecule has 0 aliphatic rings. The first-order valence-corrected chi connectivity index (χ1v) is 10.5. The smallest absolute Gasteiger partial charge is 0.314 e. The Kier molecular flexibility index (Phi) is 11.8. The van der Waals surface area contributed by atoms with Gasteiger partial charge < -0.3 is 20.4 Å². The summed E-state index contributed by atoms with van der Waals surface area (Å²) < 4.78 is 0. The van der Waals surface area contributed by atoms with E-state index in [1.165, 1.54) is 21.6 Å². The second-order valence-electron chi connectivity index (χ2n) is 3.86. The number of aliphatic carboxylic acids is 2. The van der Waals surface area contributed by atoms with E-state index >= 15 is 0 Å². The van der Waals surface area contributed by atoms with Crippen LogP contribution in [0.25, 0.3) is 0 Å². The summed E-state index contributed by atoms with van der Waals surface area (Å²) in [7, 11) is 4.76. The second-order valence-corrected chi connectivity index (χ2v) is 8.54. The first-order chi connectivity index (χ1) is 10.5. The van der Waals surface area contributed by atoms with Crippen molar-refractivity contribution in [1.82, 2.24) is 0 Å². The van der Waals surface area contributed by atoms with Crippen LogP contribution in [0.15, 0.2) is 21.9 Å². The number of aliphatic hydroxyl groups is 2. The van der Waals surface area contributed by atoms with Crippen molar-refractivity contribution in [2.45, 2.75) is 23.0 Å². The van der Waals surface area contributed by atoms with Crippen LogP contribution in [0, 0.1) is 0 Å². The van der Waals surface area contributed by atoms with Crippen LogP contribution < -0.4 is 0 Å². The van der Waals surface area contributed by atoms with Gasteiger partial charge in [-0.05, 0) is 23.3 Å². The minimum atomic E-state index is -0.929. The summed E-state index contributed by atoms with van der Waals surface area (Å²) in [6.45, 7) is -0.472. The molecule has 0 bridgehead atoms. The fraction of sp³-hybridized carbons (Fsp3) is 0.333. The molecule has 0 atom stereocenters. The molecule has 0 unspecified atom stereocenters. The molecule has 0 saturated carbocycles. The molecule has 0 aromatic heterocycles. The Bertz CT molecular complexity index is 500. The zero-order chi connectivity index (χ0) is 16.5. The third kappa shape index (κ3) is 7.65. The van der Waals surface area contributed by atoms with Crippen molar-refractivity contribution in [3.63, 3.8) is 0 Å². The van der Waals surface area contributed by atoms with E-state index in [1.54, 1.807) is 12.1 Å². The van der Waals surface area contributed by atoms with Crippen molar-refractivity contribution in [3.05, 3.63) is 23.3 Å². The molecule has 0 amide bonds. The first-order valence-electron chi connectivity index (χ1n) is 5.88. The van der Waals surface area contributed by atoms with Gasteiger partial charge in [0.15, 0.2) is 0 Å². The maximum absolute atomic E-state index is 10.6. The van der Waals surface area contributed by atoms with Crippen molar-refractivity contribution in [3.8, 4) is 0 Å². The number of carboxylic acids is 2. The number of carboxylic acid groups (broad SMARTS) is 2. The molecule has 0 spiro atoms. The molecule has 0 saturated heterocycles. The fourth-order valence-corrected chi connectivity index (χ4v) is 5.71. The Morgan fingerprint density at radius 3 is 1.38 bits per heavy atom. The molecule has 0 heterocycles. The van der Waals surface area contributed by atoms with Crippen molar-refractivity contribution in [2.75, 3.05) is 11.5 Å². The molecule has 6 nitrogen and oxygen atoms in total. The normalized spacial score (nSPS) is 9.75. The van der Waals surface area contributed by atoms with Crippen LogP contribution >= 0.6 is 43.2 Å². The molecule has 0 aliphatic heterocycles. The summed E-state index contributed by atoms with van der Waals surface area (Å²) in [6, 6.07) is 3.38. The quantitative estimate of drug-likeness (QED) is 0.262. The van der Waals surface area contributed by atoms with E-state index in [0.29, 0.717) is 11.1 Å². The monoisotopic (exact) mass is 896 g/mol. The number of rotatable bonds is 10. The van der Waals surface area contributed by atoms with Crippen LogP contribution in [-0.4, -0.2) is 43.9 Å². The van der Waals surface area contributed by atoms with Crippen LogP contribution in [0.2, 0.25) is 0 Å². The van der Waals surface area contributed by atoms with Crippen LogP contribution in [0.4, 0.5) is 0 Å². The average molecular weight is 897 g/mol. The molecule has 1 aromatic carbocycles. The summed E-state index contributed by atoms with van der Waals surface area (Å²) in [4.78, 5) is 22.6. The van der Waals surface area contributed by atoms with Crippen molar-refractivity contribution in [2.24, 2.45) is 0 Å². The van der Waals surface area contributed by atoms with Crippen molar-refractivity contribution in [1.29, 1.82) is 0 Å². The third-order valence-electron chi connectivity index (χ3n) is 2.27. The van der Waals surface area contributed by atoms with Gasteiger partial charge in [0.25, 0.3) is 0 Å². The van der Waals surface area contributed by atoms with Gasteiger partial charge in [-0.3, -0.25) is 9.59 Å². The zero-order valence-corrected chi connectivity index (χ0v) is 19.9. The topological polar surface area (TPSA) is 115 Å². The Morgan fingerprint density at radius 1 is 0.792 bits per heavy atom. The van der Waals surface area contributed by atoms with E-state index in [1.807, 2.05) is 0 Å². The Hall–Kier alpha value is -2.52. The fourth-order valence-electron chi connectivity index (χ4n) is 1.36. The molecule has 0 fully saturated rings. The molecular weight excluding hydrogens is 882 g/mol. The average Bonchev–Trinajstić information content (AvgIpc) is 2.47. The third-order valence-corrected chi connectivity index (χ3v) is 6.89. The largest absolute Gasteiger partial charge is 0.481 e. The molecule has 0 aliphatic carbocycles. The van der Waals surface area contributed by atoms with Gasteiger partial charge in [0.05, 0.1) is 13.2 Å². The summed E-state index contributed by atoms with van der Waals surface area (Å²) in [5.74, 6) is -2.01. The Balaban J connectivity index is 0. The van der Waals surface area contributed by atoms with Crippen LogP contribution in [0.1, 0.15) is 11.1 Å². The maximum atomic E-state index is 10.6. The van der Waals surface area contributed by atoms with Crippen LogP contribution in [0.5, 0.6) is 0 Å². The number of aliphatic hydroxyl groups excluding tert-OH is 2. The maximum Gasteiger partial charge on any atom is 0.314 e. The Labute approximate surface area is 142 Å². The van der Waals surface area contributed by atoms with Gasteiger partial charge in [0.2, 0.25) is 0 Å². The first kappa shape index (κ1) is 23.7.